The number of hydrogen-bond donors (Lipinski definition) is 1. The first-order valence-electron chi connectivity index (χ1n) is 10.3. The number of carbonyl (C=O) groups excluding carboxylic acids is 1. The number of rotatable bonds is 4. The molecule has 2 aliphatic rings. The highest BCUT2D eigenvalue weighted by molar-refractivity contribution is 7.89. The van der Waals surface area contributed by atoms with Crippen molar-refractivity contribution in [2.75, 3.05) is 6.54 Å². The van der Waals surface area contributed by atoms with Gasteiger partial charge in [-0.1, -0.05) is 42.0 Å². The minimum Gasteiger partial charge on any atom is -0.348 e. The number of carbonyl (C=O) groups is 1. The van der Waals surface area contributed by atoms with Crippen LogP contribution in [-0.4, -0.2) is 31.2 Å². The van der Waals surface area contributed by atoms with Crippen LogP contribution in [-0.2, 0) is 21.2 Å². The van der Waals surface area contributed by atoms with Crippen LogP contribution in [0, 0.1) is 20.8 Å². The number of aryl methyl sites for hydroxylation is 4. The molecular formula is C23H28N2O3S. The highest BCUT2D eigenvalue weighted by Crippen LogP contribution is 2.33. The Hall–Kier alpha value is -2.18. The van der Waals surface area contributed by atoms with E-state index in [4.69, 9.17) is 0 Å². The summed E-state index contributed by atoms with van der Waals surface area (Å²) in [6.45, 7) is 6.00. The van der Waals surface area contributed by atoms with Gasteiger partial charge in [-0.2, -0.15) is 4.31 Å². The molecule has 0 aromatic heterocycles. The lowest BCUT2D eigenvalue weighted by molar-refractivity contribution is -0.125. The number of amides is 1. The molecule has 5 nitrogen and oxygen atoms in total. The largest absolute Gasteiger partial charge is 0.348 e. The molecule has 1 amide bonds. The first-order chi connectivity index (χ1) is 13.8. The molecule has 2 atom stereocenters. The van der Waals surface area contributed by atoms with E-state index < -0.39 is 16.1 Å². The molecule has 0 spiro atoms. The van der Waals surface area contributed by atoms with Gasteiger partial charge in [0.05, 0.1) is 10.9 Å². The predicted molar refractivity (Wildman–Crippen MR) is 113 cm³/mol. The molecule has 1 saturated heterocycles. The van der Waals surface area contributed by atoms with Gasteiger partial charge in [-0.15, -0.1) is 0 Å². The molecule has 1 aliphatic carbocycles. The maximum atomic E-state index is 13.5. The summed E-state index contributed by atoms with van der Waals surface area (Å²) in [5.74, 6) is -0.185. The van der Waals surface area contributed by atoms with Crippen molar-refractivity contribution in [2.24, 2.45) is 0 Å². The van der Waals surface area contributed by atoms with Gasteiger partial charge in [-0.05, 0) is 68.7 Å². The maximum Gasteiger partial charge on any atom is 0.244 e. The maximum absolute atomic E-state index is 13.5. The average Bonchev–Trinajstić information content (AvgIpc) is 3.28. The molecule has 0 bridgehead atoms. The number of benzene rings is 2. The van der Waals surface area contributed by atoms with Crippen LogP contribution in [0.5, 0.6) is 0 Å². The predicted octanol–water partition coefficient (Wildman–Crippen LogP) is 3.57. The Morgan fingerprint density at radius 2 is 1.76 bits per heavy atom. The number of fused-ring (bicyclic) bond motifs is 1. The topological polar surface area (TPSA) is 66.5 Å². The lowest BCUT2D eigenvalue weighted by atomic mass is 10.1. The van der Waals surface area contributed by atoms with E-state index in [-0.39, 0.29) is 11.9 Å². The SMILES string of the molecule is Cc1cc(C)c(S(=O)(=O)N2CCCC2C(=O)NC2CCc3ccccc32)c(C)c1. The third-order valence-electron chi connectivity index (χ3n) is 6.13. The van der Waals surface area contributed by atoms with Gasteiger partial charge in [0, 0.05) is 6.54 Å². The number of nitrogens with zero attached hydrogens (tertiary/aromatic N) is 1. The van der Waals surface area contributed by atoms with Gasteiger partial charge in [0.1, 0.15) is 6.04 Å². The van der Waals surface area contributed by atoms with Crippen molar-refractivity contribution in [1.29, 1.82) is 0 Å². The molecule has 1 heterocycles. The molecule has 0 radical (unpaired) electrons. The third kappa shape index (κ3) is 3.60. The Labute approximate surface area is 173 Å². The van der Waals surface area contributed by atoms with Crippen LogP contribution in [0.2, 0.25) is 0 Å². The standard InChI is InChI=1S/C23H28N2O3S/c1-15-13-16(2)22(17(3)14-15)29(27,28)25-12-6-9-21(25)23(26)24-20-11-10-18-7-4-5-8-19(18)20/h4-5,7-8,13-14,20-21H,6,9-12H2,1-3H3,(H,24,26). The quantitative estimate of drug-likeness (QED) is 0.835. The summed E-state index contributed by atoms with van der Waals surface area (Å²) >= 11 is 0. The van der Waals surface area contributed by atoms with Crippen molar-refractivity contribution in [3.05, 3.63) is 64.2 Å². The van der Waals surface area contributed by atoms with Crippen molar-refractivity contribution < 1.29 is 13.2 Å². The Kier molecular flexibility index (Phi) is 5.25. The second-order valence-corrected chi connectivity index (χ2v) is 10.1. The van der Waals surface area contributed by atoms with Gasteiger partial charge in [0.15, 0.2) is 0 Å². The first kappa shape index (κ1) is 20.1. The highest BCUT2D eigenvalue weighted by atomic mass is 32.2. The fourth-order valence-electron chi connectivity index (χ4n) is 4.96. The van der Waals surface area contributed by atoms with Gasteiger partial charge in [-0.25, -0.2) is 8.42 Å². The van der Waals surface area contributed by atoms with E-state index in [0.29, 0.717) is 24.3 Å². The Bertz CT molecular complexity index is 1040. The molecular weight excluding hydrogens is 384 g/mol. The van der Waals surface area contributed by atoms with Crippen molar-refractivity contribution >= 4 is 15.9 Å². The normalized spacial score (nSPS) is 21.9. The zero-order chi connectivity index (χ0) is 20.8. The minimum atomic E-state index is -3.73. The van der Waals surface area contributed by atoms with Crippen LogP contribution in [0.3, 0.4) is 0 Å². The van der Waals surface area contributed by atoms with E-state index in [1.807, 2.05) is 45.0 Å². The first-order valence-corrected chi connectivity index (χ1v) is 11.7. The van der Waals surface area contributed by atoms with Crippen molar-refractivity contribution in [3.63, 3.8) is 0 Å². The van der Waals surface area contributed by atoms with Crippen molar-refractivity contribution in [2.45, 2.75) is 63.4 Å². The highest BCUT2D eigenvalue weighted by Gasteiger charge is 2.41. The van der Waals surface area contributed by atoms with E-state index in [9.17, 15) is 13.2 Å². The number of nitrogens with one attached hydrogen (secondary N) is 1. The lowest BCUT2D eigenvalue weighted by Crippen LogP contribution is -2.46. The molecule has 2 aromatic rings. The zero-order valence-corrected chi connectivity index (χ0v) is 18.1. The molecule has 0 saturated carbocycles. The minimum absolute atomic E-state index is 0.0355. The summed E-state index contributed by atoms with van der Waals surface area (Å²) < 4.78 is 28.4. The van der Waals surface area contributed by atoms with Gasteiger partial charge in [-0.3, -0.25) is 4.79 Å². The number of sulfonamides is 1. The molecule has 4 rings (SSSR count). The van der Waals surface area contributed by atoms with Crippen molar-refractivity contribution in [1.82, 2.24) is 9.62 Å². The van der Waals surface area contributed by atoms with Crippen LogP contribution in [0.15, 0.2) is 41.3 Å². The average molecular weight is 413 g/mol. The molecule has 1 fully saturated rings. The molecule has 1 N–H and O–H groups in total. The van der Waals surface area contributed by atoms with Crippen molar-refractivity contribution in [3.8, 4) is 0 Å². The van der Waals surface area contributed by atoms with E-state index in [1.165, 1.54) is 9.87 Å². The Morgan fingerprint density at radius 1 is 1.07 bits per heavy atom. The van der Waals surface area contributed by atoms with Crippen LogP contribution in [0.4, 0.5) is 0 Å². The summed E-state index contributed by atoms with van der Waals surface area (Å²) in [7, 11) is -3.73. The van der Waals surface area contributed by atoms with Gasteiger partial charge >= 0.3 is 0 Å². The molecule has 2 unspecified atom stereocenters. The van der Waals surface area contributed by atoms with Crippen LogP contribution in [0.1, 0.15) is 53.1 Å². The Balaban J connectivity index is 1.59. The van der Waals surface area contributed by atoms with E-state index >= 15 is 0 Å². The van der Waals surface area contributed by atoms with Gasteiger partial charge < -0.3 is 5.32 Å². The lowest BCUT2D eigenvalue weighted by Gasteiger charge is -2.26. The van der Waals surface area contributed by atoms with Gasteiger partial charge in [0.25, 0.3) is 0 Å². The smallest absolute Gasteiger partial charge is 0.244 e. The van der Waals surface area contributed by atoms with Crippen LogP contribution < -0.4 is 5.32 Å². The van der Waals surface area contributed by atoms with Gasteiger partial charge in [0.2, 0.25) is 15.9 Å². The Morgan fingerprint density at radius 3 is 2.48 bits per heavy atom. The fourth-order valence-corrected chi connectivity index (χ4v) is 7.03. The third-order valence-corrected chi connectivity index (χ3v) is 8.34. The fraction of sp³-hybridized carbons (Fsp3) is 0.435. The van der Waals surface area contributed by atoms with E-state index in [0.717, 1.165) is 35.1 Å². The summed E-state index contributed by atoms with van der Waals surface area (Å²) in [5.41, 5.74) is 4.92. The zero-order valence-electron chi connectivity index (χ0n) is 17.2. The molecule has 154 valence electrons. The molecule has 1 aliphatic heterocycles. The number of hydrogen-bond acceptors (Lipinski definition) is 3. The van der Waals surface area contributed by atoms with E-state index in [1.54, 1.807) is 0 Å². The second kappa shape index (κ2) is 7.58. The van der Waals surface area contributed by atoms with Crippen LogP contribution in [0.25, 0.3) is 0 Å². The summed E-state index contributed by atoms with van der Waals surface area (Å²) in [5, 5.41) is 3.12. The summed E-state index contributed by atoms with van der Waals surface area (Å²) in [6, 6.07) is 11.2. The van der Waals surface area contributed by atoms with Crippen LogP contribution >= 0.6 is 0 Å². The second-order valence-electron chi connectivity index (χ2n) is 8.30. The summed E-state index contributed by atoms with van der Waals surface area (Å²) in [6.07, 6.45) is 3.06. The molecule has 2 aromatic carbocycles. The molecule has 6 heteroatoms. The monoisotopic (exact) mass is 412 g/mol. The summed E-state index contributed by atoms with van der Waals surface area (Å²) in [4.78, 5) is 13.4. The molecule has 29 heavy (non-hydrogen) atoms. The van der Waals surface area contributed by atoms with E-state index in [2.05, 4.69) is 17.4 Å².